The van der Waals surface area contributed by atoms with Crippen LogP contribution in [0.3, 0.4) is 0 Å². The Morgan fingerprint density at radius 3 is 2.63 bits per heavy atom. The van der Waals surface area contributed by atoms with E-state index in [9.17, 15) is 9.59 Å². The highest BCUT2D eigenvalue weighted by atomic mass is 16.2. The molecule has 0 aromatic heterocycles. The molecule has 0 spiro atoms. The van der Waals surface area contributed by atoms with Crippen LogP contribution in [-0.2, 0) is 9.59 Å². The molecule has 0 aromatic rings. The van der Waals surface area contributed by atoms with Crippen molar-refractivity contribution in [2.24, 2.45) is 17.3 Å². The van der Waals surface area contributed by atoms with Crippen molar-refractivity contribution in [2.75, 3.05) is 6.54 Å². The van der Waals surface area contributed by atoms with Crippen molar-refractivity contribution < 1.29 is 9.59 Å². The van der Waals surface area contributed by atoms with Gasteiger partial charge < -0.3 is 10.6 Å². The Morgan fingerprint density at radius 2 is 2.11 bits per heavy atom. The fourth-order valence-electron chi connectivity index (χ4n) is 3.00. The maximum Gasteiger partial charge on any atom is 0.224 e. The molecule has 0 radical (unpaired) electrons. The molecule has 2 fully saturated rings. The van der Waals surface area contributed by atoms with Crippen LogP contribution in [0.25, 0.3) is 0 Å². The maximum atomic E-state index is 12.3. The number of hydrogen-bond donors (Lipinski definition) is 2. The van der Waals surface area contributed by atoms with Crippen LogP contribution in [-0.4, -0.2) is 24.4 Å². The third kappa shape index (κ3) is 2.99. The van der Waals surface area contributed by atoms with Crippen molar-refractivity contribution in [3.05, 3.63) is 11.6 Å². The van der Waals surface area contributed by atoms with Gasteiger partial charge in [0.2, 0.25) is 11.8 Å². The lowest BCUT2D eigenvalue weighted by molar-refractivity contribution is -0.126. The zero-order valence-electron chi connectivity index (χ0n) is 12.2. The standard InChI is InChI=1S/C15H24N2O2/c1-9(2)7-11-13(15(11,3)4)14(19)17-10-5-6-12(18)16-8-10/h7,10-11,13H,5-6,8H2,1-4H3,(H,16,18)(H,17,19)/t10-,11+,13+/m0/s1. The molecule has 0 aromatic carbocycles. The van der Waals surface area contributed by atoms with E-state index in [1.165, 1.54) is 5.57 Å². The number of carbonyl (C=O) groups is 2. The van der Waals surface area contributed by atoms with Gasteiger partial charge in [-0.1, -0.05) is 25.5 Å². The average molecular weight is 264 g/mol. The molecule has 2 N–H and O–H groups in total. The van der Waals surface area contributed by atoms with Gasteiger partial charge in [-0.25, -0.2) is 0 Å². The van der Waals surface area contributed by atoms with Crippen molar-refractivity contribution in [2.45, 2.75) is 46.6 Å². The minimum absolute atomic E-state index is 0.0548. The number of amides is 2. The first kappa shape index (κ1) is 14.1. The molecular weight excluding hydrogens is 240 g/mol. The molecule has 2 rings (SSSR count). The molecule has 19 heavy (non-hydrogen) atoms. The molecule has 4 heteroatoms. The van der Waals surface area contributed by atoms with Gasteiger partial charge in [-0.15, -0.1) is 0 Å². The first-order chi connectivity index (χ1) is 8.82. The van der Waals surface area contributed by atoms with Gasteiger partial charge in [0.15, 0.2) is 0 Å². The van der Waals surface area contributed by atoms with Crippen LogP contribution >= 0.6 is 0 Å². The zero-order valence-corrected chi connectivity index (χ0v) is 12.2. The third-order valence-corrected chi connectivity index (χ3v) is 4.32. The zero-order chi connectivity index (χ0) is 14.2. The minimum Gasteiger partial charge on any atom is -0.354 e. The number of nitrogens with one attached hydrogen (secondary N) is 2. The normalized spacial score (nSPS) is 32.2. The molecule has 0 bridgehead atoms. The van der Waals surface area contributed by atoms with Gasteiger partial charge in [-0.3, -0.25) is 9.59 Å². The highest BCUT2D eigenvalue weighted by Crippen LogP contribution is 2.59. The van der Waals surface area contributed by atoms with E-state index < -0.39 is 0 Å². The van der Waals surface area contributed by atoms with E-state index in [1.54, 1.807) is 0 Å². The lowest BCUT2D eigenvalue weighted by atomic mass is 10.1. The molecule has 2 amide bonds. The van der Waals surface area contributed by atoms with Crippen LogP contribution in [0.4, 0.5) is 0 Å². The summed E-state index contributed by atoms with van der Waals surface area (Å²) in [7, 11) is 0. The van der Waals surface area contributed by atoms with E-state index in [-0.39, 0.29) is 29.2 Å². The molecule has 1 aliphatic carbocycles. The summed E-state index contributed by atoms with van der Waals surface area (Å²) >= 11 is 0. The van der Waals surface area contributed by atoms with Crippen molar-refractivity contribution >= 4 is 11.8 Å². The highest BCUT2D eigenvalue weighted by molar-refractivity contribution is 5.84. The second kappa shape index (κ2) is 4.99. The first-order valence-corrected chi connectivity index (χ1v) is 7.04. The second-order valence-corrected chi connectivity index (χ2v) is 6.62. The number of piperidine rings is 1. The van der Waals surface area contributed by atoms with Gasteiger partial charge in [0.25, 0.3) is 0 Å². The van der Waals surface area contributed by atoms with Crippen molar-refractivity contribution in [1.82, 2.24) is 10.6 Å². The number of hydrogen-bond acceptors (Lipinski definition) is 2. The van der Waals surface area contributed by atoms with Crippen LogP contribution in [0.2, 0.25) is 0 Å². The highest BCUT2D eigenvalue weighted by Gasteiger charge is 2.60. The number of allylic oxidation sites excluding steroid dienone is 2. The maximum absolute atomic E-state index is 12.3. The summed E-state index contributed by atoms with van der Waals surface area (Å²) in [6.07, 6.45) is 3.46. The smallest absolute Gasteiger partial charge is 0.224 e. The van der Waals surface area contributed by atoms with Crippen LogP contribution in [0, 0.1) is 17.3 Å². The molecule has 1 saturated carbocycles. The summed E-state index contributed by atoms with van der Waals surface area (Å²) < 4.78 is 0. The van der Waals surface area contributed by atoms with Gasteiger partial charge in [0.1, 0.15) is 0 Å². The third-order valence-electron chi connectivity index (χ3n) is 4.32. The molecule has 1 saturated heterocycles. The van der Waals surface area contributed by atoms with E-state index in [4.69, 9.17) is 0 Å². The molecule has 1 aliphatic heterocycles. The van der Waals surface area contributed by atoms with E-state index in [0.29, 0.717) is 18.9 Å². The van der Waals surface area contributed by atoms with E-state index in [1.807, 2.05) is 0 Å². The Hall–Kier alpha value is -1.32. The predicted octanol–water partition coefficient (Wildman–Crippen LogP) is 1.62. The average Bonchev–Trinajstić information content (AvgIpc) is 2.83. The van der Waals surface area contributed by atoms with Gasteiger partial charge in [-0.05, 0) is 31.6 Å². The molecule has 106 valence electrons. The Balaban J connectivity index is 1.91. The Labute approximate surface area is 115 Å². The van der Waals surface area contributed by atoms with Crippen molar-refractivity contribution in [3.8, 4) is 0 Å². The van der Waals surface area contributed by atoms with Crippen LogP contribution in [0.5, 0.6) is 0 Å². The lowest BCUT2D eigenvalue weighted by Gasteiger charge is -2.23. The molecular formula is C15H24N2O2. The van der Waals surface area contributed by atoms with Gasteiger partial charge >= 0.3 is 0 Å². The Morgan fingerprint density at radius 1 is 1.42 bits per heavy atom. The summed E-state index contributed by atoms with van der Waals surface area (Å²) in [6.45, 7) is 8.99. The van der Waals surface area contributed by atoms with Crippen molar-refractivity contribution in [1.29, 1.82) is 0 Å². The monoisotopic (exact) mass is 264 g/mol. The van der Waals surface area contributed by atoms with E-state index in [0.717, 1.165) is 6.42 Å². The van der Waals surface area contributed by atoms with E-state index in [2.05, 4.69) is 44.4 Å². The van der Waals surface area contributed by atoms with Crippen LogP contribution in [0.15, 0.2) is 11.6 Å². The fourth-order valence-corrected chi connectivity index (χ4v) is 3.00. The number of rotatable bonds is 3. The van der Waals surface area contributed by atoms with Gasteiger partial charge in [0.05, 0.1) is 5.92 Å². The van der Waals surface area contributed by atoms with Crippen molar-refractivity contribution in [3.63, 3.8) is 0 Å². The quantitative estimate of drug-likeness (QED) is 0.761. The summed E-state index contributed by atoms with van der Waals surface area (Å²) in [6, 6.07) is 0.0916. The SMILES string of the molecule is CC(C)=C[C@@H]1[C@H](C(=O)N[C@H]2CCC(=O)NC2)C1(C)C. The summed E-state index contributed by atoms with van der Waals surface area (Å²) in [5, 5.41) is 5.87. The minimum atomic E-state index is 0.0548. The van der Waals surface area contributed by atoms with Gasteiger partial charge in [0, 0.05) is 19.0 Å². The molecule has 2 aliphatic rings. The molecule has 3 atom stereocenters. The molecule has 1 heterocycles. The Bertz CT molecular complexity index is 412. The molecule has 4 nitrogen and oxygen atoms in total. The largest absolute Gasteiger partial charge is 0.354 e. The first-order valence-electron chi connectivity index (χ1n) is 7.04. The topological polar surface area (TPSA) is 58.2 Å². The fraction of sp³-hybridized carbons (Fsp3) is 0.733. The lowest BCUT2D eigenvalue weighted by Crippen LogP contribution is -2.48. The predicted molar refractivity (Wildman–Crippen MR) is 74.4 cm³/mol. The Kier molecular flexibility index (Phi) is 3.70. The van der Waals surface area contributed by atoms with Crippen LogP contribution < -0.4 is 10.6 Å². The molecule has 0 unspecified atom stereocenters. The van der Waals surface area contributed by atoms with Gasteiger partial charge in [-0.2, -0.15) is 0 Å². The second-order valence-electron chi connectivity index (χ2n) is 6.62. The summed E-state index contributed by atoms with van der Waals surface area (Å²) in [5.74, 6) is 0.629. The van der Waals surface area contributed by atoms with Crippen LogP contribution in [0.1, 0.15) is 40.5 Å². The summed E-state index contributed by atoms with van der Waals surface area (Å²) in [5.41, 5.74) is 1.32. The number of carbonyl (C=O) groups excluding carboxylic acids is 2. The van der Waals surface area contributed by atoms with E-state index >= 15 is 0 Å². The summed E-state index contributed by atoms with van der Waals surface area (Å²) in [4.78, 5) is 23.4.